The highest BCUT2D eigenvalue weighted by molar-refractivity contribution is 6.17. The number of para-hydroxylation sites is 1. The molecule has 1 N–H and O–H groups in total. The Bertz CT molecular complexity index is 995. The first-order chi connectivity index (χ1) is 9.66. The summed E-state index contributed by atoms with van der Waals surface area (Å²) < 4.78 is 2.08. The van der Waals surface area contributed by atoms with E-state index in [0.717, 1.165) is 32.8 Å². The zero-order valence-corrected chi connectivity index (χ0v) is 10.8. The maximum atomic E-state index is 10.9. The maximum absolute atomic E-state index is 10.9. The van der Waals surface area contributed by atoms with Crippen LogP contribution in [0.2, 0.25) is 0 Å². The quantitative estimate of drug-likeness (QED) is 0.421. The van der Waals surface area contributed by atoms with Crippen LogP contribution in [0.25, 0.3) is 32.8 Å². The minimum absolute atomic E-state index is 0.114. The minimum atomic E-state index is -0.360. The number of aryl methyl sites for hydroxylation is 1. The summed E-state index contributed by atoms with van der Waals surface area (Å²) in [4.78, 5) is 14.0. The van der Waals surface area contributed by atoms with Crippen molar-refractivity contribution in [3.63, 3.8) is 0 Å². The Morgan fingerprint density at radius 1 is 1.15 bits per heavy atom. The van der Waals surface area contributed by atoms with Gasteiger partial charge in [0.05, 0.1) is 21.5 Å². The third-order valence-corrected chi connectivity index (χ3v) is 3.84. The second-order valence-electron chi connectivity index (χ2n) is 4.91. The average molecular weight is 265 g/mol. The molecule has 4 rings (SSSR count). The lowest BCUT2D eigenvalue weighted by Crippen LogP contribution is -1.89. The van der Waals surface area contributed by atoms with Crippen LogP contribution in [-0.2, 0) is 7.05 Å². The van der Waals surface area contributed by atoms with Gasteiger partial charge in [0.25, 0.3) is 5.69 Å². The molecule has 0 aliphatic carbocycles. The summed E-state index contributed by atoms with van der Waals surface area (Å²) in [6, 6.07) is 13.0. The van der Waals surface area contributed by atoms with Gasteiger partial charge in [-0.2, -0.15) is 0 Å². The molecule has 4 aromatic rings. The highest BCUT2D eigenvalue weighted by Crippen LogP contribution is 2.34. The fraction of sp³-hybridized carbons (Fsp3) is 0.0667. The molecular weight excluding hydrogens is 254 g/mol. The normalized spacial score (nSPS) is 11.7. The zero-order chi connectivity index (χ0) is 13.9. The third kappa shape index (κ3) is 1.26. The molecule has 2 aromatic carbocycles. The van der Waals surface area contributed by atoms with Crippen molar-refractivity contribution < 1.29 is 4.92 Å². The second-order valence-corrected chi connectivity index (χ2v) is 4.91. The van der Waals surface area contributed by atoms with Crippen molar-refractivity contribution in [1.82, 2.24) is 9.55 Å². The SMILES string of the molecule is Cn1c2ccc([N+](=O)[O-])cc2c2[nH]c3ccccc3c21. The Morgan fingerprint density at radius 3 is 2.75 bits per heavy atom. The summed E-state index contributed by atoms with van der Waals surface area (Å²) in [5.41, 5.74) is 4.18. The van der Waals surface area contributed by atoms with Gasteiger partial charge in [-0.3, -0.25) is 10.1 Å². The first kappa shape index (κ1) is 11.0. The smallest absolute Gasteiger partial charge is 0.270 e. The Labute approximate surface area is 113 Å². The van der Waals surface area contributed by atoms with Crippen molar-refractivity contribution in [2.24, 2.45) is 7.05 Å². The van der Waals surface area contributed by atoms with E-state index in [1.807, 2.05) is 25.2 Å². The summed E-state index contributed by atoms with van der Waals surface area (Å²) in [6.45, 7) is 0. The molecule has 0 amide bonds. The van der Waals surface area contributed by atoms with Gasteiger partial charge in [-0.05, 0) is 12.1 Å². The van der Waals surface area contributed by atoms with E-state index in [-0.39, 0.29) is 10.6 Å². The number of benzene rings is 2. The highest BCUT2D eigenvalue weighted by atomic mass is 16.6. The lowest BCUT2D eigenvalue weighted by molar-refractivity contribution is -0.384. The zero-order valence-electron chi connectivity index (χ0n) is 10.8. The van der Waals surface area contributed by atoms with Gasteiger partial charge >= 0.3 is 0 Å². The van der Waals surface area contributed by atoms with Crippen LogP contribution in [-0.4, -0.2) is 14.5 Å². The highest BCUT2D eigenvalue weighted by Gasteiger charge is 2.16. The van der Waals surface area contributed by atoms with Gasteiger partial charge < -0.3 is 9.55 Å². The number of nitrogens with zero attached hydrogens (tertiary/aromatic N) is 2. The fourth-order valence-corrected chi connectivity index (χ4v) is 2.92. The molecular formula is C15H11N3O2. The summed E-state index contributed by atoms with van der Waals surface area (Å²) >= 11 is 0. The number of aromatic amines is 1. The molecule has 0 atom stereocenters. The van der Waals surface area contributed by atoms with Crippen molar-refractivity contribution in [2.45, 2.75) is 0 Å². The van der Waals surface area contributed by atoms with E-state index >= 15 is 0 Å². The minimum Gasteiger partial charge on any atom is -0.353 e. The van der Waals surface area contributed by atoms with Crippen molar-refractivity contribution in [1.29, 1.82) is 0 Å². The summed E-state index contributed by atoms with van der Waals surface area (Å²) in [6.07, 6.45) is 0. The van der Waals surface area contributed by atoms with Gasteiger partial charge in [0.1, 0.15) is 0 Å². The van der Waals surface area contributed by atoms with Crippen molar-refractivity contribution >= 4 is 38.5 Å². The Hall–Kier alpha value is -2.82. The van der Waals surface area contributed by atoms with Crippen LogP contribution in [0.4, 0.5) is 5.69 Å². The first-order valence-corrected chi connectivity index (χ1v) is 6.30. The molecule has 0 radical (unpaired) electrons. The van der Waals surface area contributed by atoms with Crippen molar-refractivity contribution in [3.05, 3.63) is 52.6 Å². The van der Waals surface area contributed by atoms with Crippen molar-refractivity contribution in [3.8, 4) is 0 Å². The Balaban J connectivity index is 2.24. The maximum Gasteiger partial charge on any atom is 0.270 e. The number of non-ortho nitro benzene ring substituents is 1. The van der Waals surface area contributed by atoms with Crippen LogP contribution in [0, 0.1) is 10.1 Å². The molecule has 0 saturated heterocycles. The fourth-order valence-electron chi connectivity index (χ4n) is 2.92. The molecule has 5 nitrogen and oxygen atoms in total. The van der Waals surface area contributed by atoms with Crippen LogP contribution in [0.15, 0.2) is 42.5 Å². The molecule has 2 aromatic heterocycles. The lowest BCUT2D eigenvalue weighted by Gasteiger charge is -1.98. The standard InChI is InChI=1S/C15H11N3O2/c1-17-13-7-6-9(18(19)20)8-11(13)14-15(17)10-4-2-3-5-12(10)16-14/h2-8,16H,1H3. The van der Waals surface area contributed by atoms with E-state index in [4.69, 9.17) is 0 Å². The van der Waals surface area contributed by atoms with E-state index < -0.39 is 0 Å². The lowest BCUT2D eigenvalue weighted by atomic mass is 10.2. The summed E-state index contributed by atoms with van der Waals surface area (Å²) in [5.74, 6) is 0. The van der Waals surface area contributed by atoms with E-state index in [2.05, 4.69) is 15.6 Å². The molecule has 0 aliphatic heterocycles. The number of rotatable bonds is 1. The molecule has 98 valence electrons. The molecule has 2 heterocycles. The number of hydrogen-bond donors (Lipinski definition) is 1. The van der Waals surface area contributed by atoms with Gasteiger partial charge in [-0.1, -0.05) is 18.2 Å². The second kappa shape index (κ2) is 3.60. The van der Waals surface area contributed by atoms with Gasteiger partial charge in [0, 0.05) is 35.5 Å². The molecule has 0 spiro atoms. The Morgan fingerprint density at radius 2 is 1.95 bits per heavy atom. The number of aromatic nitrogens is 2. The Kier molecular flexibility index (Phi) is 1.99. The topological polar surface area (TPSA) is 63.9 Å². The van der Waals surface area contributed by atoms with Crippen molar-refractivity contribution in [2.75, 3.05) is 0 Å². The number of nitrogens with one attached hydrogen (secondary N) is 1. The van der Waals surface area contributed by atoms with Crippen LogP contribution >= 0.6 is 0 Å². The van der Waals surface area contributed by atoms with Crippen LogP contribution < -0.4 is 0 Å². The summed E-state index contributed by atoms with van der Waals surface area (Å²) in [5, 5.41) is 13.0. The van der Waals surface area contributed by atoms with Crippen LogP contribution in [0.1, 0.15) is 0 Å². The van der Waals surface area contributed by atoms with Gasteiger partial charge in [0.2, 0.25) is 0 Å². The predicted octanol–water partition coefficient (Wildman–Crippen LogP) is 3.72. The third-order valence-electron chi connectivity index (χ3n) is 3.84. The van der Waals surface area contributed by atoms with Gasteiger partial charge in [-0.15, -0.1) is 0 Å². The van der Waals surface area contributed by atoms with Gasteiger partial charge in [0.15, 0.2) is 0 Å². The first-order valence-electron chi connectivity index (χ1n) is 6.30. The van der Waals surface area contributed by atoms with Crippen LogP contribution in [0.3, 0.4) is 0 Å². The van der Waals surface area contributed by atoms with Gasteiger partial charge in [-0.25, -0.2) is 0 Å². The van der Waals surface area contributed by atoms with E-state index in [0.29, 0.717) is 0 Å². The predicted molar refractivity (Wildman–Crippen MR) is 78.9 cm³/mol. The number of fused-ring (bicyclic) bond motifs is 5. The number of nitro benzene ring substituents is 1. The van der Waals surface area contributed by atoms with Crippen LogP contribution in [0.5, 0.6) is 0 Å². The monoisotopic (exact) mass is 265 g/mol. The largest absolute Gasteiger partial charge is 0.353 e. The molecule has 0 unspecified atom stereocenters. The van der Waals surface area contributed by atoms with E-state index in [1.165, 1.54) is 0 Å². The molecule has 0 aliphatic rings. The summed E-state index contributed by atoms with van der Waals surface area (Å²) in [7, 11) is 1.98. The molecule has 0 bridgehead atoms. The average Bonchev–Trinajstić information content (AvgIpc) is 2.96. The molecule has 0 fully saturated rings. The number of nitro groups is 1. The molecule has 0 saturated carbocycles. The van der Waals surface area contributed by atoms with E-state index in [1.54, 1.807) is 18.2 Å². The molecule has 5 heteroatoms. The molecule has 20 heavy (non-hydrogen) atoms. The number of H-pyrrole nitrogens is 1. The number of hydrogen-bond acceptors (Lipinski definition) is 2. The van der Waals surface area contributed by atoms with E-state index in [9.17, 15) is 10.1 Å².